The molecule has 1 aromatic heterocycles. The van der Waals surface area contributed by atoms with Crippen LogP contribution < -0.4 is 5.32 Å². The maximum atomic E-state index is 9.92. The fraction of sp³-hybridized carbons (Fsp3) is 0.267. The number of aliphatic hydroxyl groups excluding tert-OH is 1. The summed E-state index contributed by atoms with van der Waals surface area (Å²) in [5, 5.41) is 13.2. The van der Waals surface area contributed by atoms with E-state index in [1.165, 1.54) is 5.56 Å². The highest BCUT2D eigenvalue weighted by Crippen LogP contribution is 2.08. The van der Waals surface area contributed by atoms with Crippen LogP contribution in [0.1, 0.15) is 17.2 Å². The fourth-order valence-corrected chi connectivity index (χ4v) is 1.81. The average Bonchev–Trinajstić information content (AvgIpc) is 2.45. The van der Waals surface area contributed by atoms with Crippen molar-refractivity contribution < 1.29 is 5.11 Å². The molecule has 0 saturated carbocycles. The molecule has 0 bridgehead atoms. The van der Waals surface area contributed by atoms with E-state index in [1.807, 2.05) is 30.3 Å². The topological polar surface area (TPSA) is 45.1 Å². The lowest BCUT2D eigenvalue weighted by atomic mass is 10.1. The van der Waals surface area contributed by atoms with Crippen LogP contribution in [0.25, 0.3) is 0 Å². The Labute approximate surface area is 108 Å². The largest absolute Gasteiger partial charge is 0.387 e. The molecule has 2 aromatic rings. The normalized spacial score (nSPS) is 12.3. The van der Waals surface area contributed by atoms with Crippen LogP contribution >= 0.6 is 0 Å². The summed E-state index contributed by atoms with van der Waals surface area (Å²) < 4.78 is 0. The van der Waals surface area contributed by atoms with Crippen molar-refractivity contribution in [3.8, 4) is 0 Å². The van der Waals surface area contributed by atoms with E-state index >= 15 is 0 Å². The second-order valence-electron chi connectivity index (χ2n) is 4.24. The SMILES string of the molecule is O[C@@H](CNCCc1ccccc1)c1cccnc1. The zero-order valence-electron chi connectivity index (χ0n) is 10.3. The number of nitrogens with zero attached hydrogens (tertiary/aromatic N) is 1. The molecule has 18 heavy (non-hydrogen) atoms. The van der Waals surface area contributed by atoms with E-state index in [2.05, 4.69) is 22.4 Å². The van der Waals surface area contributed by atoms with E-state index in [4.69, 9.17) is 0 Å². The molecule has 0 aliphatic heterocycles. The minimum Gasteiger partial charge on any atom is -0.387 e. The molecule has 0 radical (unpaired) electrons. The highest BCUT2D eigenvalue weighted by molar-refractivity contribution is 5.15. The third-order valence-corrected chi connectivity index (χ3v) is 2.84. The third kappa shape index (κ3) is 3.95. The van der Waals surface area contributed by atoms with Crippen molar-refractivity contribution in [1.29, 1.82) is 0 Å². The number of benzene rings is 1. The van der Waals surface area contributed by atoms with Gasteiger partial charge < -0.3 is 10.4 Å². The van der Waals surface area contributed by atoms with Crippen molar-refractivity contribution in [2.24, 2.45) is 0 Å². The Morgan fingerprint density at radius 3 is 2.67 bits per heavy atom. The van der Waals surface area contributed by atoms with Gasteiger partial charge in [-0.1, -0.05) is 36.4 Å². The predicted octanol–water partition coefficient (Wildman–Crippen LogP) is 1.95. The molecule has 2 rings (SSSR count). The van der Waals surface area contributed by atoms with Gasteiger partial charge in [0.15, 0.2) is 0 Å². The van der Waals surface area contributed by atoms with Crippen LogP contribution in [-0.4, -0.2) is 23.2 Å². The van der Waals surface area contributed by atoms with Gasteiger partial charge in [0.25, 0.3) is 0 Å². The smallest absolute Gasteiger partial charge is 0.0929 e. The summed E-state index contributed by atoms with van der Waals surface area (Å²) >= 11 is 0. The van der Waals surface area contributed by atoms with E-state index in [1.54, 1.807) is 12.4 Å². The molecule has 1 atom stereocenters. The number of nitrogens with one attached hydrogen (secondary N) is 1. The third-order valence-electron chi connectivity index (χ3n) is 2.84. The van der Waals surface area contributed by atoms with E-state index in [-0.39, 0.29) is 0 Å². The van der Waals surface area contributed by atoms with Crippen LogP contribution in [0.3, 0.4) is 0 Å². The lowest BCUT2D eigenvalue weighted by molar-refractivity contribution is 0.174. The number of aromatic nitrogens is 1. The number of pyridine rings is 1. The standard InChI is InChI=1S/C15H18N2O/c18-15(14-7-4-9-16-11-14)12-17-10-8-13-5-2-1-3-6-13/h1-7,9,11,15,17-18H,8,10,12H2/t15-/m0/s1. The van der Waals surface area contributed by atoms with Gasteiger partial charge >= 0.3 is 0 Å². The first-order valence-corrected chi connectivity index (χ1v) is 6.19. The van der Waals surface area contributed by atoms with Crippen molar-refractivity contribution in [3.05, 3.63) is 66.0 Å². The summed E-state index contributed by atoms with van der Waals surface area (Å²) in [4.78, 5) is 3.99. The molecular formula is C15H18N2O. The molecule has 0 spiro atoms. The first kappa shape index (κ1) is 12.7. The van der Waals surface area contributed by atoms with Crippen molar-refractivity contribution in [1.82, 2.24) is 10.3 Å². The van der Waals surface area contributed by atoms with Crippen LogP contribution in [0, 0.1) is 0 Å². The molecule has 1 heterocycles. The molecule has 0 amide bonds. The van der Waals surface area contributed by atoms with E-state index < -0.39 is 6.10 Å². The summed E-state index contributed by atoms with van der Waals surface area (Å²) in [6.45, 7) is 1.42. The van der Waals surface area contributed by atoms with E-state index in [0.29, 0.717) is 6.54 Å². The molecular weight excluding hydrogens is 224 g/mol. The number of rotatable bonds is 6. The van der Waals surface area contributed by atoms with Gasteiger partial charge in [0.05, 0.1) is 6.10 Å². The second-order valence-corrected chi connectivity index (χ2v) is 4.24. The van der Waals surface area contributed by atoms with Gasteiger partial charge in [0.2, 0.25) is 0 Å². The molecule has 2 N–H and O–H groups in total. The Balaban J connectivity index is 1.70. The van der Waals surface area contributed by atoms with Gasteiger partial charge in [-0.15, -0.1) is 0 Å². The van der Waals surface area contributed by atoms with Crippen molar-refractivity contribution >= 4 is 0 Å². The number of hydrogen-bond acceptors (Lipinski definition) is 3. The highest BCUT2D eigenvalue weighted by Gasteiger charge is 2.05. The van der Waals surface area contributed by atoms with Crippen LogP contribution in [0.4, 0.5) is 0 Å². The lowest BCUT2D eigenvalue weighted by Gasteiger charge is -2.11. The fourth-order valence-electron chi connectivity index (χ4n) is 1.81. The van der Waals surface area contributed by atoms with Crippen LogP contribution in [0.2, 0.25) is 0 Å². The maximum Gasteiger partial charge on any atom is 0.0929 e. The molecule has 0 aliphatic carbocycles. The summed E-state index contributed by atoms with van der Waals surface area (Å²) in [7, 11) is 0. The van der Waals surface area contributed by atoms with Crippen molar-refractivity contribution in [2.75, 3.05) is 13.1 Å². The Kier molecular flexibility index (Phi) is 4.88. The Bertz CT molecular complexity index is 445. The van der Waals surface area contributed by atoms with Gasteiger partial charge in [-0.3, -0.25) is 4.98 Å². The van der Waals surface area contributed by atoms with E-state index in [0.717, 1.165) is 18.5 Å². The molecule has 1 aromatic carbocycles. The average molecular weight is 242 g/mol. The van der Waals surface area contributed by atoms with Crippen LogP contribution in [-0.2, 0) is 6.42 Å². The first-order chi connectivity index (χ1) is 8.86. The highest BCUT2D eigenvalue weighted by atomic mass is 16.3. The van der Waals surface area contributed by atoms with Crippen molar-refractivity contribution in [3.63, 3.8) is 0 Å². The maximum absolute atomic E-state index is 9.92. The van der Waals surface area contributed by atoms with Gasteiger partial charge in [-0.05, 0) is 24.6 Å². The van der Waals surface area contributed by atoms with E-state index in [9.17, 15) is 5.11 Å². The molecule has 0 fully saturated rings. The molecule has 94 valence electrons. The zero-order valence-corrected chi connectivity index (χ0v) is 10.3. The Morgan fingerprint density at radius 2 is 1.94 bits per heavy atom. The molecule has 3 nitrogen and oxygen atoms in total. The predicted molar refractivity (Wildman–Crippen MR) is 72.2 cm³/mol. The molecule has 3 heteroatoms. The van der Waals surface area contributed by atoms with Crippen LogP contribution in [0.15, 0.2) is 54.9 Å². The summed E-state index contributed by atoms with van der Waals surface area (Å²) in [6.07, 6.45) is 3.89. The lowest BCUT2D eigenvalue weighted by Crippen LogP contribution is -2.23. The minimum absolute atomic E-state index is 0.491. The number of hydrogen-bond donors (Lipinski definition) is 2. The second kappa shape index (κ2) is 6.89. The molecule has 0 unspecified atom stereocenters. The minimum atomic E-state index is -0.491. The summed E-state index contributed by atoms with van der Waals surface area (Å²) in [5.41, 5.74) is 2.16. The quantitative estimate of drug-likeness (QED) is 0.761. The number of aliphatic hydroxyl groups is 1. The molecule has 0 saturated heterocycles. The van der Waals surface area contributed by atoms with Gasteiger partial charge in [0.1, 0.15) is 0 Å². The summed E-state index contributed by atoms with van der Waals surface area (Å²) in [5.74, 6) is 0. The van der Waals surface area contributed by atoms with Crippen molar-refractivity contribution in [2.45, 2.75) is 12.5 Å². The molecule has 0 aliphatic rings. The Morgan fingerprint density at radius 1 is 1.11 bits per heavy atom. The van der Waals surface area contributed by atoms with Gasteiger partial charge in [-0.2, -0.15) is 0 Å². The monoisotopic (exact) mass is 242 g/mol. The van der Waals surface area contributed by atoms with Gasteiger partial charge in [0, 0.05) is 24.5 Å². The summed E-state index contributed by atoms with van der Waals surface area (Å²) in [6, 6.07) is 14.0. The van der Waals surface area contributed by atoms with Gasteiger partial charge in [-0.25, -0.2) is 0 Å². The first-order valence-electron chi connectivity index (χ1n) is 6.19. The Hall–Kier alpha value is -1.71. The van der Waals surface area contributed by atoms with Crippen LogP contribution in [0.5, 0.6) is 0 Å². The zero-order chi connectivity index (χ0) is 12.6.